The van der Waals surface area contributed by atoms with Crippen molar-refractivity contribution in [3.05, 3.63) is 12.2 Å². The third kappa shape index (κ3) is 4.84. The van der Waals surface area contributed by atoms with E-state index in [-0.39, 0.29) is 24.0 Å². The van der Waals surface area contributed by atoms with Gasteiger partial charge in [-0.3, -0.25) is 14.4 Å². The second-order valence-corrected chi connectivity index (χ2v) is 5.75. The Morgan fingerprint density at radius 2 is 1.76 bits per heavy atom. The van der Waals surface area contributed by atoms with Crippen LogP contribution in [-0.4, -0.2) is 36.2 Å². The van der Waals surface area contributed by atoms with Crippen molar-refractivity contribution in [2.45, 2.75) is 69.9 Å². The lowest BCUT2D eigenvalue weighted by atomic mass is 10.1. The molecule has 0 N–H and O–H groups in total. The highest BCUT2D eigenvalue weighted by atomic mass is 16.7. The Labute approximate surface area is 126 Å². The first kappa shape index (κ1) is 16.0. The van der Waals surface area contributed by atoms with Gasteiger partial charge in [0.05, 0.1) is 13.2 Å². The molecular formula is C16H25NO4. The van der Waals surface area contributed by atoms with Crippen LogP contribution in [0.3, 0.4) is 0 Å². The Balaban J connectivity index is 1.44. The molecule has 5 nitrogen and oxygen atoms in total. The number of ether oxygens (including phenoxy) is 1. The summed E-state index contributed by atoms with van der Waals surface area (Å²) in [6.45, 7) is 0. The summed E-state index contributed by atoms with van der Waals surface area (Å²) in [4.78, 5) is 28.4. The van der Waals surface area contributed by atoms with Crippen molar-refractivity contribution in [1.82, 2.24) is 5.06 Å². The SMILES string of the molecule is COC(=O)CCCCCCCCC(=O)N1O[C@@H]2C=C[C@H]1C2. The third-order valence-electron chi connectivity index (χ3n) is 4.07. The molecule has 2 atom stereocenters. The molecule has 1 saturated heterocycles. The summed E-state index contributed by atoms with van der Waals surface area (Å²) in [5.41, 5.74) is 0. The Kier molecular flexibility index (Phi) is 6.23. The van der Waals surface area contributed by atoms with Crippen LogP contribution < -0.4 is 0 Å². The number of rotatable bonds is 9. The number of carbonyl (C=O) groups excluding carboxylic acids is 2. The van der Waals surface area contributed by atoms with E-state index in [1.165, 1.54) is 7.11 Å². The largest absolute Gasteiger partial charge is 0.469 e. The summed E-state index contributed by atoms with van der Waals surface area (Å²) in [6, 6.07) is 0.167. The van der Waals surface area contributed by atoms with Crippen molar-refractivity contribution in [3.63, 3.8) is 0 Å². The van der Waals surface area contributed by atoms with Gasteiger partial charge < -0.3 is 4.74 Å². The molecule has 5 heteroatoms. The van der Waals surface area contributed by atoms with Crippen molar-refractivity contribution < 1.29 is 19.2 Å². The fourth-order valence-electron chi connectivity index (χ4n) is 2.83. The van der Waals surface area contributed by atoms with Crippen molar-refractivity contribution in [1.29, 1.82) is 0 Å². The molecule has 21 heavy (non-hydrogen) atoms. The predicted octanol–water partition coefficient (Wildman–Crippen LogP) is 2.75. The van der Waals surface area contributed by atoms with E-state index < -0.39 is 0 Å². The molecule has 1 aliphatic carbocycles. The molecule has 1 fully saturated rings. The fourth-order valence-corrected chi connectivity index (χ4v) is 2.83. The maximum absolute atomic E-state index is 12.0. The average molecular weight is 295 g/mol. The number of hydroxylamine groups is 2. The van der Waals surface area contributed by atoms with Crippen LogP contribution in [0.5, 0.6) is 0 Å². The van der Waals surface area contributed by atoms with Crippen LogP contribution >= 0.6 is 0 Å². The number of amides is 1. The van der Waals surface area contributed by atoms with Crippen molar-refractivity contribution in [2.75, 3.05) is 7.11 Å². The Morgan fingerprint density at radius 3 is 2.33 bits per heavy atom. The standard InChI is InChI=1S/C16H25NO4/c1-20-16(19)9-7-5-3-2-4-6-8-15(18)17-13-10-11-14(12-13)21-17/h10-11,13-14H,2-9,12H2,1H3/t13-,14+/m0/s1. The summed E-state index contributed by atoms with van der Waals surface area (Å²) in [5.74, 6) is -0.0212. The van der Waals surface area contributed by atoms with Gasteiger partial charge in [0.15, 0.2) is 0 Å². The van der Waals surface area contributed by atoms with Gasteiger partial charge in [-0.15, -0.1) is 0 Å². The Hall–Kier alpha value is -1.36. The first-order valence-corrected chi connectivity index (χ1v) is 7.94. The molecule has 2 bridgehead atoms. The monoisotopic (exact) mass is 295 g/mol. The van der Waals surface area contributed by atoms with Crippen LogP contribution in [0.2, 0.25) is 0 Å². The number of hydrogen-bond acceptors (Lipinski definition) is 4. The lowest BCUT2D eigenvalue weighted by molar-refractivity contribution is -0.183. The summed E-state index contributed by atoms with van der Waals surface area (Å²) in [7, 11) is 1.42. The molecule has 0 aromatic carbocycles. The maximum atomic E-state index is 12.0. The summed E-state index contributed by atoms with van der Waals surface area (Å²) in [5, 5.41) is 1.56. The zero-order valence-corrected chi connectivity index (χ0v) is 12.8. The highest BCUT2D eigenvalue weighted by molar-refractivity contribution is 5.76. The van der Waals surface area contributed by atoms with Gasteiger partial charge in [-0.1, -0.05) is 37.8 Å². The van der Waals surface area contributed by atoms with Crippen LogP contribution in [0, 0.1) is 0 Å². The topological polar surface area (TPSA) is 55.8 Å². The number of carbonyl (C=O) groups is 2. The quantitative estimate of drug-likeness (QED) is 0.373. The van der Waals surface area contributed by atoms with Crippen LogP contribution in [0.4, 0.5) is 0 Å². The maximum Gasteiger partial charge on any atom is 0.305 e. The number of hydrogen-bond donors (Lipinski definition) is 0. The second kappa shape index (κ2) is 8.17. The molecule has 2 rings (SSSR count). The van der Waals surface area contributed by atoms with Crippen LogP contribution in [0.25, 0.3) is 0 Å². The van der Waals surface area contributed by atoms with E-state index in [1.807, 2.05) is 6.08 Å². The molecule has 1 amide bonds. The zero-order valence-electron chi connectivity index (χ0n) is 12.8. The van der Waals surface area contributed by atoms with E-state index in [9.17, 15) is 9.59 Å². The minimum Gasteiger partial charge on any atom is -0.469 e. The number of esters is 1. The first-order valence-electron chi connectivity index (χ1n) is 7.94. The number of nitrogens with zero attached hydrogens (tertiary/aromatic N) is 1. The summed E-state index contributed by atoms with van der Waals surface area (Å²) >= 11 is 0. The fraction of sp³-hybridized carbons (Fsp3) is 0.750. The second-order valence-electron chi connectivity index (χ2n) is 5.75. The predicted molar refractivity (Wildman–Crippen MR) is 78.2 cm³/mol. The Morgan fingerprint density at radius 1 is 1.10 bits per heavy atom. The van der Waals surface area contributed by atoms with E-state index in [1.54, 1.807) is 5.06 Å². The van der Waals surface area contributed by atoms with Gasteiger partial charge in [-0.2, -0.15) is 0 Å². The summed E-state index contributed by atoms with van der Waals surface area (Å²) < 4.78 is 4.59. The number of unbranched alkanes of at least 4 members (excludes halogenated alkanes) is 5. The smallest absolute Gasteiger partial charge is 0.305 e. The molecule has 0 spiro atoms. The highest BCUT2D eigenvalue weighted by Gasteiger charge is 2.37. The molecule has 0 aromatic rings. The summed E-state index contributed by atoms with van der Waals surface area (Å²) in [6.07, 6.45) is 12.3. The van der Waals surface area contributed by atoms with E-state index in [0.717, 1.165) is 44.9 Å². The molecule has 1 heterocycles. The molecule has 1 aliphatic heterocycles. The number of methoxy groups -OCH3 is 1. The van der Waals surface area contributed by atoms with Gasteiger partial charge in [0, 0.05) is 19.3 Å². The lowest BCUT2D eigenvalue weighted by Crippen LogP contribution is -2.34. The van der Waals surface area contributed by atoms with Gasteiger partial charge >= 0.3 is 5.97 Å². The van der Waals surface area contributed by atoms with E-state index >= 15 is 0 Å². The van der Waals surface area contributed by atoms with Gasteiger partial charge in [0.25, 0.3) is 0 Å². The van der Waals surface area contributed by atoms with Crippen LogP contribution in [0.1, 0.15) is 57.8 Å². The van der Waals surface area contributed by atoms with E-state index in [2.05, 4.69) is 10.8 Å². The highest BCUT2D eigenvalue weighted by Crippen LogP contribution is 2.29. The Bertz CT molecular complexity index is 394. The van der Waals surface area contributed by atoms with Crippen molar-refractivity contribution in [3.8, 4) is 0 Å². The minimum atomic E-state index is -0.130. The normalized spacial score (nSPS) is 22.8. The van der Waals surface area contributed by atoms with Gasteiger partial charge in [-0.25, -0.2) is 5.06 Å². The molecule has 0 saturated carbocycles. The van der Waals surface area contributed by atoms with Crippen molar-refractivity contribution >= 4 is 11.9 Å². The third-order valence-corrected chi connectivity index (χ3v) is 4.07. The minimum absolute atomic E-state index is 0.109. The zero-order chi connectivity index (χ0) is 15.1. The lowest BCUT2D eigenvalue weighted by Gasteiger charge is -2.22. The van der Waals surface area contributed by atoms with E-state index in [0.29, 0.717) is 12.8 Å². The molecule has 2 aliphatic rings. The van der Waals surface area contributed by atoms with Crippen molar-refractivity contribution in [2.24, 2.45) is 0 Å². The van der Waals surface area contributed by atoms with Gasteiger partial charge in [-0.05, 0) is 12.8 Å². The van der Waals surface area contributed by atoms with Gasteiger partial charge in [0.2, 0.25) is 5.91 Å². The molecule has 118 valence electrons. The van der Waals surface area contributed by atoms with Crippen LogP contribution in [-0.2, 0) is 19.2 Å². The molecule has 0 aromatic heterocycles. The van der Waals surface area contributed by atoms with E-state index in [4.69, 9.17) is 4.84 Å². The first-order chi connectivity index (χ1) is 10.2. The molecule has 0 radical (unpaired) electrons. The van der Waals surface area contributed by atoms with Gasteiger partial charge in [0.1, 0.15) is 6.10 Å². The molecular weight excluding hydrogens is 270 g/mol. The average Bonchev–Trinajstić information content (AvgIpc) is 3.12. The number of fused-ring (bicyclic) bond motifs is 2. The molecule has 0 unspecified atom stereocenters. The van der Waals surface area contributed by atoms with Crippen LogP contribution in [0.15, 0.2) is 12.2 Å².